The Kier molecular flexibility index (Phi) is 9.80. The smallest absolute Gasteiger partial charge is 0.399 e. The fraction of sp³-hybridized carbons (Fsp3) is 0.562. The number of rotatable bonds is 8. The second kappa shape index (κ2) is 12.3. The summed E-state index contributed by atoms with van der Waals surface area (Å²) in [6, 6.07) is 12.5. The summed E-state index contributed by atoms with van der Waals surface area (Å²) in [6.07, 6.45) is -0.563. The maximum Gasteiger partial charge on any atom is 0.494 e. The molecule has 0 aromatic heterocycles. The Balaban J connectivity index is 2.16. The van der Waals surface area contributed by atoms with Gasteiger partial charge in [0.05, 0.1) is 17.2 Å². The molecule has 0 aliphatic carbocycles. The summed E-state index contributed by atoms with van der Waals surface area (Å²) in [5.74, 6) is -0.759. The molecule has 1 aliphatic heterocycles. The molecule has 2 aromatic rings. The second-order valence-electron chi connectivity index (χ2n) is 13.0. The minimum absolute atomic E-state index is 0.312. The van der Waals surface area contributed by atoms with E-state index in [0.29, 0.717) is 23.0 Å². The first-order valence-corrected chi connectivity index (χ1v) is 14.2. The molecule has 1 unspecified atom stereocenters. The van der Waals surface area contributed by atoms with Crippen LogP contribution in [0.15, 0.2) is 42.5 Å². The molecule has 1 saturated heterocycles. The van der Waals surface area contributed by atoms with Crippen LogP contribution in [0, 0.1) is 19.3 Å². The fourth-order valence-electron chi connectivity index (χ4n) is 5.29. The van der Waals surface area contributed by atoms with Crippen LogP contribution in [0.3, 0.4) is 0 Å². The monoisotopic (exact) mass is 566 g/mol. The Hall–Kier alpha value is -2.72. The standard InChI is InChI=1S/C32H47BN2O6/c1-13-26(30(4,5)6)34(28(37)24-18-21(2)17-22(3)19-24)35(29(38-11)39-12)27(36)23-15-14-16-25(20-23)33-40-31(7,8)32(9,10)41-33/h14-20,26,29H,13H2,1-12H3. The predicted octanol–water partition coefficient (Wildman–Crippen LogP) is 5.50. The number of aryl methyl sites for hydroxylation is 2. The molecule has 1 heterocycles. The van der Waals surface area contributed by atoms with Crippen molar-refractivity contribution in [1.82, 2.24) is 10.0 Å². The second-order valence-corrected chi connectivity index (χ2v) is 13.0. The van der Waals surface area contributed by atoms with Gasteiger partial charge in [0.25, 0.3) is 18.2 Å². The number of hydrogen-bond donors (Lipinski definition) is 0. The van der Waals surface area contributed by atoms with Gasteiger partial charge in [-0.2, -0.15) is 5.01 Å². The molecule has 2 aromatic carbocycles. The van der Waals surface area contributed by atoms with E-state index in [1.165, 1.54) is 24.2 Å². The zero-order chi connectivity index (χ0) is 30.9. The van der Waals surface area contributed by atoms with Gasteiger partial charge in [0, 0.05) is 25.3 Å². The van der Waals surface area contributed by atoms with Gasteiger partial charge >= 0.3 is 7.12 Å². The summed E-state index contributed by atoms with van der Waals surface area (Å²) in [7, 11) is 2.26. The lowest BCUT2D eigenvalue weighted by molar-refractivity contribution is -0.239. The Labute approximate surface area is 246 Å². The highest BCUT2D eigenvalue weighted by atomic mass is 16.7. The molecule has 0 radical (unpaired) electrons. The van der Waals surface area contributed by atoms with Crippen LogP contribution >= 0.6 is 0 Å². The number of hydrogen-bond acceptors (Lipinski definition) is 6. The molecule has 0 bridgehead atoms. The van der Waals surface area contributed by atoms with Crippen molar-refractivity contribution in [1.29, 1.82) is 0 Å². The molecular formula is C32H47BN2O6. The van der Waals surface area contributed by atoms with Gasteiger partial charge in [-0.3, -0.25) is 9.59 Å². The maximum atomic E-state index is 14.5. The van der Waals surface area contributed by atoms with Crippen LogP contribution in [0.2, 0.25) is 0 Å². The first kappa shape index (κ1) is 32.8. The van der Waals surface area contributed by atoms with Crippen molar-refractivity contribution < 1.29 is 28.4 Å². The highest BCUT2D eigenvalue weighted by molar-refractivity contribution is 6.62. The highest BCUT2D eigenvalue weighted by Gasteiger charge is 2.52. The van der Waals surface area contributed by atoms with E-state index in [-0.39, 0.29) is 17.4 Å². The Morgan fingerprint density at radius 2 is 1.37 bits per heavy atom. The minimum Gasteiger partial charge on any atom is -0.399 e. The predicted molar refractivity (Wildman–Crippen MR) is 162 cm³/mol. The number of ether oxygens (including phenoxy) is 2. The fourth-order valence-corrected chi connectivity index (χ4v) is 5.29. The average molecular weight is 567 g/mol. The van der Waals surface area contributed by atoms with E-state index in [9.17, 15) is 9.59 Å². The van der Waals surface area contributed by atoms with Crippen molar-refractivity contribution in [2.75, 3.05) is 14.2 Å². The van der Waals surface area contributed by atoms with Gasteiger partial charge < -0.3 is 18.8 Å². The van der Waals surface area contributed by atoms with Crippen LogP contribution < -0.4 is 5.46 Å². The molecule has 1 aliphatic rings. The van der Waals surface area contributed by atoms with Crippen molar-refractivity contribution in [3.05, 3.63) is 64.7 Å². The average Bonchev–Trinajstić information content (AvgIpc) is 3.10. The number of carbonyl (C=O) groups excluding carboxylic acids is 2. The maximum absolute atomic E-state index is 14.5. The number of nitrogens with zero attached hydrogens (tertiary/aromatic N) is 2. The molecule has 41 heavy (non-hydrogen) atoms. The molecule has 9 heteroatoms. The summed E-state index contributed by atoms with van der Waals surface area (Å²) >= 11 is 0. The van der Waals surface area contributed by atoms with Gasteiger partial charge in [-0.05, 0) is 83.1 Å². The molecule has 2 amide bonds. The Morgan fingerprint density at radius 1 is 0.854 bits per heavy atom. The topological polar surface area (TPSA) is 77.5 Å². The van der Waals surface area contributed by atoms with Gasteiger partial charge in [0.1, 0.15) is 0 Å². The minimum atomic E-state index is -1.16. The van der Waals surface area contributed by atoms with Gasteiger partial charge in [0.15, 0.2) is 0 Å². The van der Waals surface area contributed by atoms with Crippen molar-refractivity contribution in [2.24, 2.45) is 5.41 Å². The van der Waals surface area contributed by atoms with Gasteiger partial charge in [-0.1, -0.05) is 57.0 Å². The quantitative estimate of drug-likeness (QED) is 0.239. The van der Waals surface area contributed by atoms with Gasteiger partial charge in [-0.15, -0.1) is 0 Å². The van der Waals surface area contributed by atoms with E-state index in [2.05, 4.69) is 20.8 Å². The lowest BCUT2D eigenvalue weighted by Crippen LogP contribution is -2.62. The Morgan fingerprint density at radius 3 is 1.83 bits per heavy atom. The normalized spacial score (nSPS) is 17.0. The van der Waals surface area contributed by atoms with Crippen molar-refractivity contribution in [2.45, 2.75) is 99.3 Å². The zero-order valence-corrected chi connectivity index (χ0v) is 26.8. The molecule has 0 saturated carbocycles. The summed E-state index contributed by atoms with van der Waals surface area (Å²) in [6.45, 7) is 20.0. The van der Waals surface area contributed by atoms with Crippen LogP contribution in [-0.4, -0.2) is 66.8 Å². The van der Waals surface area contributed by atoms with Crippen molar-refractivity contribution in [3.63, 3.8) is 0 Å². The Bertz CT molecular complexity index is 1210. The van der Waals surface area contributed by atoms with E-state index in [4.69, 9.17) is 18.8 Å². The number of carbonyl (C=O) groups is 2. The number of hydrazine groups is 1. The first-order valence-electron chi connectivity index (χ1n) is 14.2. The van der Waals surface area contributed by atoms with E-state index in [1.54, 1.807) is 18.2 Å². The van der Waals surface area contributed by atoms with E-state index in [1.807, 2.05) is 72.7 Å². The first-order chi connectivity index (χ1) is 19.0. The zero-order valence-electron chi connectivity index (χ0n) is 26.8. The summed E-state index contributed by atoms with van der Waals surface area (Å²) < 4.78 is 23.8. The van der Waals surface area contributed by atoms with Crippen LogP contribution in [0.25, 0.3) is 0 Å². The molecule has 1 fully saturated rings. The molecular weight excluding hydrogens is 519 g/mol. The third-order valence-corrected chi connectivity index (χ3v) is 8.06. The van der Waals surface area contributed by atoms with Crippen molar-refractivity contribution >= 4 is 24.4 Å². The number of amides is 2. The van der Waals surface area contributed by atoms with Gasteiger partial charge in [-0.25, -0.2) is 5.01 Å². The number of methoxy groups -OCH3 is 2. The summed E-state index contributed by atoms with van der Waals surface area (Å²) in [5, 5.41) is 2.83. The van der Waals surface area contributed by atoms with E-state index < -0.39 is 30.6 Å². The third kappa shape index (κ3) is 6.86. The summed E-state index contributed by atoms with van der Waals surface area (Å²) in [4.78, 5) is 28.9. The van der Waals surface area contributed by atoms with Crippen LogP contribution in [0.4, 0.5) is 0 Å². The molecule has 224 valence electrons. The third-order valence-electron chi connectivity index (χ3n) is 8.06. The van der Waals surface area contributed by atoms with E-state index in [0.717, 1.165) is 11.1 Å². The lowest BCUT2D eigenvalue weighted by atomic mass is 9.78. The molecule has 8 nitrogen and oxygen atoms in total. The van der Waals surface area contributed by atoms with Crippen molar-refractivity contribution in [3.8, 4) is 0 Å². The molecule has 1 atom stereocenters. The van der Waals surface area contributed by atoms with Gasteiger partial charge in [0.2, 0.25) is 0 Å². The highest BCUT2D eigenvalue weighted by Crippen LogP contribution is 2.37. The van der Waals surface area contributed by atoms with Crippen LogP contribution in [0.5, 0.6) is 0 Å². The molecule has 0 spiro atoms. The van der Waals surface area contributed by atoms with Crippen LogP contribution in [0.1, 0.15) is 93.7 Å². The molecule has 0 N–H and O–H groups in total. The number of benzene rings is 2. The lowest BCUT2D eigenvalue weighted by Gasteiger charge is -2.46. The van der Waals surface area contributed by atoms with E-state index >= 15 is 0 Å². The summed E-state index contributed by atoms with van der Waals surface area (Å²) in [5.41, 5.74) is 2.02. The molecule has 3 rings (SSSR count). The largest absolute Gasteiger partial charge is 0.494 e. The SMILES string of the molecule is CCC(N(C(=O)c1cc(C)cc(C)c1)N(C(=O)c1cccc(B2OC(C)(C)C(C)(C)O2)c1)C(OC)OC)C(C)(C)C. The van der Waals surface area contributed by atoms with Crippen LogP contribution in [-0.2, 0) is 18.8 Å².